The predicted molar refractivity (Wildman–Crippen MR) is 122 cm³/mol. The minimum absolute atomic E-state index is 0.0508. The summed E-state index contributed by atoms with van der Waals surface area (Å²) in [5.41, 5.74) is 12.1. The highest BCUT2D eigenvalue weighted by Crippen LogP contribution is 2.29. The van der Waals surface area contributed by atoms with E-state index < -0.39 is 0 Å². The maximum Gasteiger partial charge on any atom is 0.237 e. The molecule has 1 amide bonds. The highest BCUT2D eigenvalue weighted by atomic mass is 32.2. The van der Waals surface area contributed by atoms with E-state index in [1.165, 1.54) is 22.9 Å². The van der Waals surface area contributed by atoms with Gasteiger partial charge in [-0.1, -0.05) is 60.3 Å². The summed E-state index contributed by atoms with van der Waals surface area (Å²) in [6, 6.07) is 18.2. The van der Waals surface area contributed by atoms with Gasteiger partial charge in [0.05, 0.1) is 5.75 Å². The average Bonchev–Trinajstić information content (AvgIpc) is 3.40. The summed E-state index contributed by atoms with van der Waals surface area (Å²) < 4.78 is 1.75. The van der Waals surface area contributed by atoms with Crippen molar-refractivity contribution >= 4 is 35.0 Å². The van der Waals surface area contributed by atoms with Crippen molar-refractivity contribution in [3.8, 4) is 0 Å². The molecule has 0 bridgehead atoms. The first-order chi connectivity index (χ1) is 15.1. The summed E-state index contributed by atoms with van der Waals surface area (Å²) in [7, 11) is 0. The van der Waals surface area contributed by atoms with Crippen molar-refractivity contribution in [2.45, 2.75) is 24.9 Å². The number of para-hydroxylation sites is 1. The summed E-state index contributed by atoms with van der Waals surface area (Å²) in [6.45, 7) is 2.65. The first kappa shape index (κ1) is 19.6. The lowest BCUT2D eigenvalue weighted by molar-refractivity contribution is -0.116. The van der Waals surface area contributed by atoms with E-state index in [0.29, 0.717) is 29.7 Å². The number of nitrogens with zero attached hydrogens (tertiary/aromatic N) is 5. The average molecular weight is 431 g/mol. The van der Waals surface area contributed by atoms with E-state index in [4.69, 9.17) is 5.73 Å². The molecule has 3 heterocycles. The first-order valence-electron chi connectivity index (χ1n) is 10.2. The number of thioether (sulfide) groups is 1. The van der Waals surface area contributed by atoms with Crippen molar-refractivity contribution in [2.24, 2.45) is 0 Å². The van der Waals surface area contributed by atoms with Gasteiger partial charge in [-0.15, -0.1) is 10.2 Å². The van der Waals surface area contributed by atoms with E-state index in [1.807, 2.05) is 48.2 Å². The molecule has 4 aromatic rings. The van der Waals surface area contributed by atoms with Crippen molar-refractivity contribution in [1.82, 2.24) is 19.6 Å². The van der Waals surface area contributed by atoms with Gasteiger partial charge >= 0.3 is 0 Å². The van der Waals surface area contributed by atoms with Crippen molar-refractivity contribution in [3.63, 3.8) is 0 Å². The summed E-state index contributed by atoms with van der Waals surface area (Å²) in [6.07, 6.45) is 1.58. The number of amides is 1. The van der Waals surface area contributed by atoms with Gasteiger partial charge in [0.2, 0.25) is 11.9 Å². The summed E-state index contributed by atoms with van der Waals surface area (Å²) in [5, 5.41) is 9.30. The number of nitrogens with two attached hydrogens (primary N) is 1. The number of carbonyl (C=O) groups is 1. The summed E-state index contributed by atoms with van der Waals surface area (Å²) in [5.74, 6) is 0.641. The Balaban J connectivity index is 1.40. The minimum atomic E-state index is 0.0508. The van der Waals surface area contributed by atoms with Crippen LogP contribution in [0.4, 0.5) is 11.6 Å². The van der Waals surface area contributed by atoms with Gasteiger partial charge in [-0.05, 0) is 30.5 Å². The SMILES string of the molecule is Cc1nc(N)n2c(SCC(=O)N3CCc4ccccc43)nnc2c1Cc1ccccc1. The third-order valence-electron chi connectivity index (χ3n) is 5.59. The normalized spacial score (nSPS) is 13.0. The van der Waals surface area contributed by atoms with Crippen LogP contribution in [0, 0.1) is 6.92 Å². The van der Waals surface area contributed by atoms with Crippen LogP contribution >= 0.6 is 11.8 Å². The Labute approximate surface area is 184 Å². The Morgan fingerprint density at radius 1 is 1.10 bits per heavy atom. The summed E-state index contributed by atoms with van der Waals surface area (Å²) in [4.78, 5) is 19.2. The lowest BCUT2D eigenvalue weighted by Crippen LogP contribution is -2.30. The van der Waals surface area contributed by atoms with Crippen LogP contribution in [-0.4, -0.2) is 37.8 Å². The molecule has 1 aliphatic rings. The lowest BCUT2D eigenvalue weighted by atomic mass is 10.0. The standard InChI is InChI=1S/C23H22N6OS/c1-15-18(13-16-7-3-2-4-8-16)21-26-27-23(29(21)22(24)25-15)31-14-20(30)28-12-11-17-9-5-6-10-19(17)28/h2-10H,11-14H2,1H3,(H2,24,25). The molecule has 0 saturated heterocycles. The van der Waals surface area contributed by atoms with Crippen LogP contribution in [0.5, 0.6) is 0 Å². The van der Waals surface area contributed by atoms with Gasteiger partial charge in [0.25, 0.3) is 0 Å². The van der Waals surface area contributed by atoms with Crippen LogP contribution in [0.3, 0.4) is 0 Å². The Bertz CT molecular complexity index is 1270. The van der Waals surface area contributed by atoms with Crippen LogP contribution in [-0.2, 0) is 17.6 Å². The Hall–Kier alpha value is -3.39. The highest BCUT2D eigenvalue weighted by Gasteiger charge is 2.25. The number of hydrogen-bond acceptors (Lipinski definition) is 6. The molecule has 31 heavy (non-hydrogen) atoms. The molecule has 1 aliphatic heterocycles. The van der Waals surface area contributed by atoms with E-state index in [9.17, 15) is 4.79 Å². The van der Waals surface area contributed by atoms with Gasteiger partial charge in [-0.25, -0.2) is 9.38 Å². The fraction of sp³-hybridized carbons (Fsp3) is 0.217. The van der Waals surface area contributed by atoms with Crippen molar-refractivity contribution in [1.29, 1.82) is 0 Å². The molecular weight excluding hydrogens is 408 g/mol. The largest absolute Gasteiger partial charge is 0.369 e. The smallest absolute Gasteiger partial charge is 0.237 e. The number of anilines is 2. The monoisotopic (exact) mass is 430 g/mol. The van der Waals surface area contributed by atoms with Crippen molar-refractivity contribution < 1.29 is 4.79 Å². The van der Waals surface area contributed by atoms with E-state index >= 15 is 0 Å². The second-order valence-corrected chi connectivity index (χ2v) is 8.49. The van der Waals surface area contributed by atoms with Crippen LogP contribution in [0.15, 0.2) is 59.8 Å². The fourth-order valence-corrected chi connectivity index (χ4v) is 4.84. The molecular formula is C23H22N6OS. The van der Waals surface area contributed by atoms with Gasteiger partial charge < -0.3 is 10.6 Å². The Morgan fingerprint density at radius 3 is 2.71 bits per heavy atom. The number of hydrogen-bond donors (Lipinski definition) is 1. The van der Waals surface area contributed by atoms with Crippen molar-refractivity contribution in [2.75, 3.05) is 22.9 Å². The third kappa shape index (κ3) is 3.63. The molecule has 0 radical (unpaired) electrons. The molecule has 156 valence electrons. The number of aromatic nitrogens is 4. The first-order valence-corrected chi connectivity index (χ1v) is 11.2. The molecule has 5 rings (SSSR count). The van der Waals surface area contributed by atoms with Crippen LogP contribution < -0.4 is 10.6 Å². The maximum absolute atomic E-state index is 12.9. The number of rotatable bonds is 5. The summed E-state index contributed by atoms with van der Waals surface area (Å²) >= 11 is 1.34. The highest BCUT2D eigenvalue weighted by molar-refractivity contribution is 7.99. The molecule has 0 aliphatic carbocycles. The van der Waals surface area contributed by atoms with Gasteiger partial charge in [-0.2, -0.15) is 0 Å². The molecule has 0 fully saturated rings. The van der Waals surface area contributed by atoms with E-state index in [1.54, 1.807) is 4.40 Å². The number of benzene rings is 2. The molecule has 7 nitrogen and oxygen atoms in total. The molecule has 8 heteroatoms. The van der Waals surface area contributed by atoms with Crippen LogP contribution in [0.2, 0.25) is 0 Å². The second kappa shape index (κ2) is 8.03. The van der Waals surface area contributed by atoms with Gasteiger partial charge in [-0.3, -0.25) is 4.79 Å². The van der Waals surface area contributed by atoms with Crippen LogP contribution in [0.25, 0.3) is 5.65 Å². The fourth-order valence-electron chi connectivity index (χ4n) is 4.02. The van der Waals surface area contributed by atoms with Gasteiger partial charge in [0, 0.05) is 29.9 Å². The van der Waals surface area contributed by atoms with Gasteiger partial charge in [0.1, 0.15) is 0 Å². The Morgan fingerprint density at radius 2 is 1.87 bits per heavy atom. The number of nitrogen functional groups attached to an aromatic ring is 1. The molecule has 0 saturated carbocycles. The second-order valence-electron chi connectivity index (χ2n) is 7.55. The number of fused-ring (bicyclic) bond motifs is 2. The van der Waals surface area contributed by atoms with E-state index in [0.717, 1.165) is 23.4 Å². The van der Waals surface area contributed by atoms with Crippen molar-refractivity contribution in [3.05, 3.63) is 77.0 Å². The zero-order valence-corrected chi connectivity index (χ0v) is 18.0. The van der Waals surface area contributed by atoms with E-state index in [-0.39, 0.29) is 11.7 Å². The number of aryl methyl sites for hydroxylation is 1. The van der Waals surface area contributed by atoms with Gasteiger partial charge in [0.15, 0.2) is 10.8 Å². The predicted octanol–water partition coefficient (Wildman–Crippen LogP) is 3.29. The molecule has 0 atom stereocenters. The topological polar surface area (TPSA) is 89.4 Å². The minimum Gasteiger partial charge on any atom is -0.369 e. The van der Waals surface area contributed by atoms with Crippen LogP contribution in [0.1, 0.15) is 22.4 Å². The maximum atomic E-state index is 12.9. The molecule has 2 aromatic heterocycles. The van der Waals surface area contributed by atoms with E-state index in [2.05, 4.69) is 33.4 Å². The third-order valence-corrected chi connectivity index (χ3v) is 6.50. The lowest BCUT2D eigenvalue weighted by Gasteiger charge is -2.16. The molecule has 2 N–H and O–H groups in total. The molecule has 2 aromatic carbocycles. The molecule has 0 unspecified atom stereocenters. The molecule has 0 spiro atoms. The number of carbonyl (C=O) groups excluding carboxylic acids is 1. The zero-order valence-electron chi connectivity index (χ0n) is 17.2. The quantitative estimate of drug-likeness (QED) is 0.489. The Kier molecular flexibility index (Phi) is 5.07. The zero-order chi connectivity index (χ0) is 21.4.